The summed E-state index contributed by atoms with van der Waals surface area (Å²) >= 11 is 0. The van der Waals surface area contributed by atoms with Gasteiger partial charge in [0.15, 0.2) is 0 Å². The van der Waals surface area contributed by atoms with Gasteiger partial charge in [0.05, 0.1) is 12.1 Å². The van der Waals surface area contributed by atoms with Gasteiger partial charge in [-0.2, -0.15) is 0 Å². The molecule has 98 valence electrons. The lowest BCUT2D eigenvalue weighted by Gasteiger charge is -2.40. The van der Waals surface area contributed by atoms with Crippen LogP contribution < -0.4 is 10.5 Å². The van der Waals surface area contributed by atoms with Crippen LogP contribution in [0.5, 0.6) is 5.75 Å². The monoisotopic (exact) mass is 246 g/mol. The third-order valence-electron chi connectivity index (χ3n) is 4.44. The first-order valence-electron chi connectivity index (χ1n) is 6.93. The van der Waals surface area contributed by atoms with Gasteiger partial charge < -0.3 is 10.5 Å². The highest BCUT2D eigenvalue weighted by atomic mass is 16.5. The summed E-state index contributed by atoms with van der Waals surface area (Å²) in [5.74, 6) is 1.83. The van der Waals surface area contributed by atoms with Crippen LogP contribution in [0.2, 0.25) is 0 Å². The fourth-order valence-corrected chi connectivity index (χ4v) is 2.99. The van der Waals surface area contributed by atoms with E-state index in [9.17, 15) is 0 Å². The number of ether oxygens (including phenoxy) is 1. The summed E-state index contributed by atoms with van der Waals surface area (Å²) in [6.45, 7) is 1.87. The standard InChI is InChI=1S/C15H22N2O/c1-17(9-11-5-4-6-11)13-10-18-14-8-3-2-7-12(14)15(13)16/h2-3,7-8,11,13,15H,4-6,9-10,16H2,1H3. The molecule has 1 heterocycles. The number of nitrogens with two attached hydrogens (primary N) is 1. The molecule has 0 saturated heterocycles. The third kappa shape index (κ3) is 2.13. The van der Waals surface area contributed by atoms with Crippen molar-refractivity contribution in [2.75, 3.05) is 20.2 Å². The van der Waals surface area contributed by atoms with Crippen molar-refractivity contribution in [1.29, 1.82) is 0 Å². The van der Waals surface area contributed by atoms with Crippen molar-refractivity contribution in [3.63, 3.8) is 0 Å². The molecule has 1 saturated carbocycles. The highest BCUT2D eigenvalue weighted by Gasteiger charge is 2.32. The maximum Gasteiger partial charge on any atom is 0.124 e. The van der Waals surface area contributed by atoms with E-state index in [1.54, 1.807) is 0 Å². The molecule has 3 heteroatoms. The van der Waals surface area contributed by atoms with Crippen LogP contribution in [0.15, 0.2) is 24.3 Å². The fourth-order valence-electron chi connectivity index (χ4n) is 2.99. The smallest absolute Gasteiger partial charge is 0.124 e. The molecule has 1 aliphatic carbocycles. The summed E-state index contributed by atoms with van der Waals surface area (Å²) in [6, 6.07) is 8.52. The van der Waals surface area contributed by atoms with Gasteiger partial charge in [0.1, 0.15) is 12.4 Å². The summed E-state index contributed by atoms with van der Waals surface area (Å²) in [7, 11) is 2.18. The topological polar surface area (TPSA) is 38.5 Å². The van der Waals surface area contributed by atoms with E-state index in [2.05, 4.69) is 18.0 Å². The van der Waals surface area contributed by atoms with Crippen LogP contribution in [0, 0.1) is 5.92 Å². The molecule has 0 amide bonds. The number of rotatable bonds is 3. The van der Waals surface area contributed by atoms with Gasteiger partial charge in [-0.3, -0.25) is 4.90 Å². The largest absolute Gasteiger partial charge is 0.492 e. The Kier molecular flexibility index (Phi) is 3.27. The summed E-state index contributed by atoms with van der Waals surface area (Å²) in [4.78, 5) is 2.39. The molecular weight excluding hydrogens is 224 g/mol. The average Bonchev–Trinajstić information content (AvgIpc) is 2.34. The zero-order valence-corrected chi connectivity index (χ0v) is 11.0. The Hall–Kier alpha value is -1.06. The highest BCUT2D eigenvalue weighted by molar-refractivity contribution is 5.38. The van der Waals surface area contributed by atoms with Gasteiger partial charge in [-0.05, 0) is 31.9 Å². The maximum absolute atomic E-state index is 6.41. The predicted molar refractivity (Wildman–Crippen MR) is 72.6 cm³/mol. The van der Waals surface area contributed by atoms with Crippen LogP contribution in [0.1, 0.15) is 30.9 Å². The van der Waals surface area contributed by atoms with E-state index in [0.717, 1.165) is 23.8 Å². The van der Waals surface area contributed by atoms with E-state index in [4.69, 9.17) is 10.5 Å². The van der Waals surface area contributed by atoms with Gasteiger partial charge in [0, 0.05) is 12.1 Å². The zero-order chi connectivity index (χ0) is 12.5. The molecular formula is C15H22N2O. The number of fused-ring (bicyclic) bond motifs is 1. The zero-order valence-electron chi connectivity index (χ0n) is 11.0. The minimum Gasteiger partial charge on any atom is -0.492 e. The summed E-state index contributed by atoms with van der Waals surface area (Å²) in [5.41, 5.74) is 7.55. The predicted octanol–water partition coefficient (Wildman–Crippen LogP) is 2.18. The lowest BCUT2D eigenvalue weighted by molar-refractivity contribution is 0.0905. The van der Waals surface area contributed by atoms with Crippen LogP contribution >= 0.6 is 0 Å². The number of para-hydroxylation sites is 1. The van der Waals surface area contributed by atoms with E-state index in [1.807, 2.05) is 18.2 Å². The summed E-state index contributed by atoms with van der Waals surface area (Å²) in [5, 5.41) is 0. The molecule has 0 spiro atoms. The molecule has 18 heavy (non-hydrogen) atoms. The minimum absolute atomic E-state index is 0.0695. The van der Waals surface area contributed by atoms with Crippen LogP contribution in [0.25, 0.3) is 0 Å². The second kappa shape index (κ2) is 4.90. The Labute approximate surface area is 109 Å². The van der Waals surface area contributed by atoms with Gasteiger partial charge >= 0.3 is 0 Å². The molecule has 3 nitrogen and oxygen atoms in total. The summed E-state index contributed by atoms with van der Waals surface area (Å²) in [6.07, 6.45) is 4.15. The summed E-state index contributed by atoms with van der Waals surface area (Å²) < 4.78 is 5.84. The fraction of sp³-hybridized carbons (Fsp3) is 0.600. The third-order valence-corrected chi connectivity index (χ3v) is 4.44. The average molecular weight is 246 g/mol. The van der Waals surface area contributed by atoms with Gasteiger partial charge in [-0.1, -0.05) is 24.6 Å². The Morgan fingerprint density at radius 2 is 2.11 bits per heavy atom. The van der Waals surface area contributed by atoms with Crippen LogP contribution in [-0.2, 0) is 0 Å². The molecule has 2 unspecified atom stereocenters. The van der Waals surface area contributed by atoms with Crippen molar-refractivity contribution in [3.8, 4) is 5.75 Å². The normalized spacial score (nSPS) is 27.5. The van der Waals surface area contributed by atoms with E-state index in [1.165, 1.54) is 19.3 Å². The van der Waals surface area contributed by atoms with Crippen LogP contribution in [-0.4, -0.2) is 31.1 Å². The molecule has 1 aromatic carbocycles. The van der Waals surface area contributed by atoms with Gasteiger partial charge in [-0.15, -0.1) is 0 Å². The molecule has 0 radical (unpaired) electrons. The number of likely N-dealkylation sites (N-methyl/N-ethyl adjacent to an activating group) is 1. The first-order chi connectivity index (χ1) is 8.75. The minimum atomic E-state index is 0.0695. The van der Waals surface area contributed by atoms with E-state index < -0.39 is 0 Å². The lowest BCUT2D eigenvalue weighted by Crippen LogP contribution is -2.49. The van der Waals surface area contributed by atoms with E-state index >= 15 is 0 Å². The molecule has 2 N–H and O–H groups in total. The van der Waals surface area contributed by atoms with Crippen LogP contribution in [0.4, 0.5) is 0 Å². The van der Waals surface area contributed by atoms with Gasteiger partial charge in [0.2, 0.25) is 0 Å². The molecule has 0 bridgehead atoms. The van der Waals surface area contributed by atoms with Crippen molar-refractivity contribution in [2.45, 2.75) is 31.3 Å². The molecule has 3 rings (SSSR count). The van der Waals surface area contributed by atoms with Crippen molar-refractivity contribution >= 4 is 0 Å². The van der Waals surface area contributed by atoms with Gasteiger partial charge in [-0.25, -0.2) is 0 Å². The van der Waals surface area contributed by atoms with Crippen molar-refractivity contribution < 1.29 is 4.74 Å². The Morgan fingerprint density at radius 1 is 1.33 bits per heavy atom. The van der Waals surface area contributed by atoms with Crippen molar-refractivity contribution in [1.82, 2.24) is 4.90 Å². The molecule has 0 aromatic heterocycles. The molecule has 1 aromatic rings. The van der Waals surface area contributed by atoms with Crippen molar-refractivity contribution in [2.24, 2.45) is 11.7 Å². The number of hydrogen-bond acceptors (Lipinski definition) is 3. The first-order valence-corrected chi connectivity index (χ1v) is 6.93. The molecule has 1 fully saturated rings. The van der Waals surface area contributed by atoms with E-state index in [0.29, 0.717) is 12.6 Å². The molecule has 1 aliphatic heterocycles. The first kappa shape index (κ1) is 12.0. The second-order valence-electron chi connectivity index (χ2n) is 5.68. The molecule has 2 atom stereocenters. The Bertz CT molecular complexity index is 417. The van der Waals surface area contributed by atoms with E-state index in [-0.39, 0.29) is 6.04 Å². The van der Waals surface area contributed by atoms with Gasteiger partial charge in [0.25, 0.3) is 0 Å². The Morgan fingerprint density at radius 3 is 2.83 bits per heavy atom. The SMILES string of the molecule is CN(CC1CCC1)C1COc2ccccc2C1N. The quantitative estimate of drug-likeness (QED) is 0.888. The van der Waals surface area contributed by atoms with Crippen LogP contribution in [0.3, 0.4) is 0 Å². The number of nitrogens with zero attached hydrogens (tertiary/aromatic N) is 1. The number of hydrogen-bond donors (Lipinski definition) is 1. The van der Waals surface area contributed by atoms with Crippen molar-refractivity contribution in [3.05, 3.63) is 29.8 Å². The maximum atomic E-state index is 6.41. The Balaban J connectivity index is 1.71. The lowest BCUT2D eigenvalue weighted by atomic mass is 9.84. The highest BCUT2D eigenvalue weighted by Crippen LogP contribution is 2.34. The second-order valence-corrected chi connectivity index (χ2v) is 5.68. The molecule has 2 aliphatic rings. The number of benzene rings is 1.